The van der Waals surface area contributed by atoms with Gasteiger partial charge < -0.3 is 4.57 Å². The van der Waals surface area contributed by atoms with Crippen molar-refractivity contribution < 1.29 is 0 Å². The SMILES string of the molecule is C1=Cc2c(c3cc(-c4ccccc4)ccc3n2-c2ccc3sc4ccccc4c3c2)C1. The van der Waals surface area contributed by atoms with Gasteiger partial charge in [-0.3, -0.25) is 0 Å². The lowest BCUT2D eigenvalue weighted by Gasteiger charge is -2.10. The molecular weight excluding hydrogens is 394 g/mol. The molecule has 0 radical (unpaired) electrons. The Kier molecular flexibility index (Phi) is 3.55. The summed E-state index contributed by atoms with van der Waals surface area (Å²) in [6, 6.07) is 33.2. The zero-order valence-corrected chi connectivity index (χ0v) is 17.7. The third kappa shape index (κ3) is 2.49. The predicted octanol–water partition coefficient (Wildman–Crippen LogP) is 8.23. The van der Waals surface area contributed by atoms with Crippen LogP contribution < -0.4 is 0 Å². The van der Waals surface area contributed by atoms with Crippen LogP contribution in [0.1, 0.15) is 11.3 Å². The quantitative estimate of drug-likeness (QED) is 0.269. The molecule has 1 aliphatic rings. The second-order valence-corrected chi connectivity index (χ2v) is 9.27. The molecule has 0 amide bonds. The Morgan fingerprint density at radius 1 is 0.645 bits per heavy atom. The number of benzene rings is 4. The van der Waals surface area contributed by atoms with Crippen LogP contribution in [0, 0.1) is 0 Å². The van der Waals surface area contributed by atoms with Gasteiger partial charge in [0.25, 0.3) is 0 Å². The first-order chi connectivity index (χ1) is 15.4. The molecule has 2 heterocycles. The van der Waals surface area contributed by atoms with Gasteiger partial charge in [-0.2, -0.15) is 0 Å². The van der Waals surface area contributed by atoms with E-state index in [1.165, 1.54) is 59.1 Å². The summed E-state index contributed by atoms with van der Waals surface area (Å²) < 4.78 is 5.14. The van der Waals surface area contributed by atoms with Gasteiger partial charge in [0.05, 0.1) is 11.2 Å². The number of hydrogen-bond donors (Lipinski definition) is 0. The number of hydrogen-bond acceptors (Lipinski definition) is 1. The number of fused-ring (bicyclic) bond motifs is 6. The fourth-order valence-corrected chi connectivity index (χ4v) is 6.08. The van der Waals surface area contributed by atoms with Crippen LogP contribution in [0.5, 0.6) is 0 Å². The molecular formula is C29H19NS. The molecule has 0 atom stereocenters. The Morgan fingerprint density at radius 2 is 1.48 bits per heavy atom. The van der Waals surface area contributed by atoms with E-state index < -0.39 is 0 Å². The highest BCUT2D eigenvalue weighted by Gasteiger charge is 2.20. The molecule has 31 heavy (non-hydrogen) atoms. The fourth-order valence-electron chi connectivity index (χ4n) is 4.99. The lowest BCUT2D eigenvalue weighted by atomic mass is 10.0. The van der Waals surface area contributed by atoms with Crippen LogP contribution in [0.3, 0.4) is 0 Å². The normalized spacial score (nSPS) is 12.9. The minimum atomic E-state index is 1.00. The van der Waals surface area contributed by atoms with E-state index in [9.17, 15) is 0 Å². The summed E-state index contributed by atoms with van der Waals surface area (Å²) in [5, 5.41) is 4.05. The molecule has 1 nitrogen and oxygen atoms in total. The van der Waals surface area contributed by atoms with Crippen LogP contribution >= 0.6 is 11.3 Å². The van der Waals surface area contributed by atoms with Gasteiger partial charge in [-0.25, -0.2) is 0 Å². The smallest absolute Gasteiger partial charge is 0.0538 e. The standard InChI is InChI=1S/C29H19NS/c1-2-7-19(8-3-1)20-13-15-27-24(17-20)22-10-6-11-26(22)30(27)21-14-16-29-25(18-21)23-9-4-5-12-28(23)31-29/h1-9,11-18H,10H2. The van der Waals surface area contributed by atoms with Crippen LogP contribution in [0.2, 0.25) is 0 Å². The molecule has 7 rings (SSSR count). The molecule has 4 aromatic carbocycles. The van der Waals surface area contributed by atoms with Gasteiger partial charge in [-0.05, 0) is 65.6 Å². The van der Waals surface area contributed by atoms with Crippen molar-refractivity contribution in [1.82, 2.24) is 4.57 Å². The number of rotatable bonds is 2. The topological polar surface area (TPSA) is 4.93 Å². The summed E-state index contributed by atoms with van der Waals surface area (Å²) >= 11 is 1.87. The second kappa shape index (κ2) is 6.44. The molecule has 0 spiro atoms. The zero-order valence-electron chi connectivity index (χ0n) is 16.9. The van der Waals surface area contributed by atoms with E-state index in [0.29, 0.717) is 0 Å². The third-order valence-electron chi connectivity index (χ3n) is 6.44. The molecule has 0 saturated heterocycles. The maximum atomic E-state index is 2.44. The molecule has 0 fully saturated rings. The van der Waals surface area contributed by atoms with Gasteiger partial charge in [-0.15, -0.1) is 11.3 Å². The molecule has 0 N–H and O–H groups in total. The van der Waals surface area contributed by atoms with E-state index in [1.807, 2.05) is 11.3 Å². The molecule has 6 aromatic rings. The molecule has 1 aliphatic carbocycles. The minimum Gasteiger partial charge on any atom is -0.310 e. The highest BCUT2D eigenvalue weighted by Crippen LogP contribution is 2.39. The van der Waals surface area contributed by atoms with E-state index in [2.05, 4.69) is 108 Å². The number of nitrogens with zero attached hydrogens (tertiary/aromatic N) is 1. The summed E-state index contributed by atoms with van der Waals surface area (Å²) in [5.41, 5.74) is 7.82. The molecule has 0 aliphatic heterocycles. The number of aromatic nitrogens is 1. The third-order valence-corrected chi connectivity index (χ3v) is 7.59. The maximum absolute atomic E-state index is 2.44. The molecule has 0 saturated carbocycles. The highest BCUT2D eigenvalue weighted by molar-refractivity contribution is 7.25. The average Bonchev–Trinajstić information content (AvgIpc) is 3.51. The van der Waals surface area contributed by atoms with Crippen molar-refractivity contribution >= 4 is 48.5 Å². The van der Waals surface area contributed by atoms with Crippen LogP contribution in [-0.2, 0) is 6.42 Å². The second-order valence-electron chi connectivity index (χ2n) is 8.18. The minimum absolute atomic E-state index is 1.00. The summed E-state index contributed by atoms with van der Waals surface area (Å²) in [6.07, 6.45) is 5.57. The van der Waals surface area contributed by atoms with Gasteiger partial charge in [0, 0.05) is 31.2 Å². The van der Waals surface area contributed by atoms with Crippen molar-refractivity contribution in [1.29, 1.82) is 0 Å². The first kappa shape index (κ1) is 17.1. The lowest BCUT2D eigenvalue weighted by Crippen LogP contribution is -1.96. The van der Waals surface area contributed by atoms with Gasteiger partial charge in [-0.1, -0.05) is 60.7 Å². The Morgan fingerprint density at radius 3 is 2.42 bits per heavy atom. The fraction of sp³-hybridized carbons (Fsp3) is 0.0345. The monoisotopic (exact) mass is 413 g/mol. The van der Waals surface area contributed by atoms with Crippen LogP contribution in [-0.4, -0.2) is 4.57 Å². The summed E-state index contributed by atoms with van der Waals surface area (Å²) in [5.74, 6) is 0. The average molecular weight is 414 g/mol. The van der Waals surface area contributed by atoms with Crippen molar-refractivity contribution in [2.75, 3.05) is 0 Å². The van der Waals surface area contributed by atoms with Crippen LogP contribution in [0.4, 0.5) is 0 Å². The van der Waals surface area contributed by atoms with Crippen molar-refractivity contribution in [3.05, 3.63) is 108 Å². The maximum Gasteiger partial charge on any atom is 0.0538 e. The Labute approximate surface area is 184 Å². The van der Waals surface area contributed by atoms with Crippen molar-refractivity contribution in [3.8, 4) is 16.8 Å². The first-order valence-electron chi connectivity index (χ1n) is 10.7. The molecule has 0 unspecified atom stereocenters. The van der Waals surface area contributed by atoms with Crippen molar-refractivity contribution in [2.24, 2.45) is 0 Å². The first-order valence-corrected chi connectivity index (χ1v) is 11.5. The van der Waals surface area contributed by atoms with Gasteiger partial charge in [0.15, 0.2) is 0 Å². The molecule has 146 valence electrons. The zero-order chi connectivity index (χ0) is 20.4. The Bertz CT molecular complexity index is 1650. The Balaban J connectivity index is 1.49. The van der Waals surface area contributed by atoms with E-state index in [0.717, 1.165) is 6.42 Å². The summed E-state index contributed by atoms with van der Waals surface area (Å²) in [4.78, 5) is 0. The summed E-state index contributed by atoms with van der Waals surface area (Å²) in [6.45, 7) is 0. The van der Waals surface area contributed by atoms with Crippen LogP contribution in [0.25, 0.3) is 54.0 Å². The largest absolute Gasteiger partial charge is 0.310 e. The van der Waals surface area contributed by atoms with Crippen molar-refractivity contribution in [3.63, 3.8) is 0 Å². The molecule has 2 heteroatoms. The summed E-state index contributed by atoms with van der Waals surface area (Å²) in [7, 11) is 0. The van der Waals surface area contributed by atoms with E-state index in [-0.39, 0.29) is 0 Å². The van der Waals surface area contributed by atoms with Gasteiger partial charge >= 0.3 is 0 Å². The van der Waals surface area contributed by atoms with E-state index in [4.69, 9.17) is 0 Å². The Hall–Kier alpha value is -3.62. The van der Waals surface area contributed by atoms with Crippen molar-refractivity contribution in [2.45, 2.75) is 6.42 Å². The van der Waals surface area contributed by atoms with E-state index in [1.54, 1.807) is 0 Å². The molecule has 2 aromatic heterocycles. The van der Waals surface area contributed by atoms with E-state index >= 15 is 0 Å². The predicted molar refractivity (Wildman–Crippen MR) is 134 cm³/mol. The lowest BCUT2D eigenvalue weighted by molar-refractivity contribution is 1.10. The highest BCUT2D eigenvalue weighted by atomic mass is 32.1. The number of thiophene rings is 1. The number of allylic oxidation sites excluding steroid dienone is 1. The van der Waals surface area contributed by atoms with Gasteiger partial charge in [0.2, 0.25) is 0 Å². The van der Waals surface area contributed by atoms with Gasteiger partial charge in [0.1, 0.15) is 0 Å². The molecule has 0 bridgehead atoms. The van der Waals surface area contributed by atoms with Crippen LogP contribution in [0.15, 0.2) is 97.1 Å².